The maximum atomic E-state index is 12.4. The van der Waals surface area contributed by atoms with Crippen LogP contribution in [0.5, 0.6) is 0 Å². The first-order valence-corrected chi connectivity index (χ1v) is 8.52. The summed E-state index contributed by atoms with van der Waals surface area (Å²) in [5.41, 5.74) is 0.666. The van der Waals surface area contributed by atoms with Gasteiger partial charge in [0, 0.05) is 12.0 Å². The van der Waals surface area contributed by atoms with Crippen LogP contribution in [0.2, 0.25) is 5.15 Å². The van der Waals surface area contributed by atoms with Crippen LogP contribution in [0.4, 0.5) is 0 Å². The lowest BCUT2D eigenvalue weighted by Gasteiger charge is -2.16. The second-order valence-corrected chi connectivity index (χ2v) is 7.18. The summed E-state index contributed by atoms with van der Waals surface area (Å²) in [6.07, 6.45) is 0.575. The smallest absolute Gasteiger partial charge is 0.240 e. The number of hydrogen-bond donors (Lipinski definition) is 1. The predicted molar refractivity (Wildman–Crippen MR) is 80.9 cm³/mol. The Morgan fingerprint density at radius 1 is 1.33 bits per heavy atom. The minimum atomic E-state index is -3.57. The van der Waals surface area contributed by atoms with Crippen molar-refractivity contribution in [1.82, 2.24) is 9.71 Å². The molecule has 0 amide bonds. The Morgan fingerprint density at radius 2 is 2.14 bits per heavy atom. The molecule has 2 atom stereocenters. The summed E-state index contributed by atoms with van der Waals surface area (Å²) in [5, 5.41) is 1.12. The van der Waals surface area contributed by atoms with Crippen molar-refractivity contribution in [3.8, 4) is 0 Å². The van der Waals surface area contributed by atoms with Gasteiger partial charge in [-0.05, 0) is 43.7 Å². The van der Waals surface area contributed by atoms with Crippen molar-refractivity contribution in [1.29, 1.82) is 0 Å². The van der Waals surface area contributed by atoms with E-state index in [2.05, 4.69) is 9.71 Å². The van der Waals surface area contributed by atoms with E-state index in [4.69, 9.17) is 16.3 Å². The molecule has 21 heavy (non-hydrogen) atoms. The molecule has 1 aliphatic heterocycles. The minimum Gasteiger partial charge on any atom is -0.377 e. The van der Waals surface area contributed by atoms with Gasteiger partial charge in [-0.2, -0.15) is 0 Å². The molecule has 1 aliphatic rings. The van der Waals surface area contributed by atoms with Crippen LogP contribution in [-0.2, 0) is 14.8 Å². The molecule has 2 heterocycles. The van der Waals surface area contributed by atoms with E-state index in [1.165, 1.54) is 6.07 Å². The molecule has 5 nitrogen and oxygen atoms in total. The largest absolute Gasteiger partial charge is 0.377 e. The van der Waals surface area contributed by atoms with Crippen molar-refractivity contribution in [2.24, 2.45) is 0 Å². The van der Waals surface area contributed by atoms with Gasteiger partial charge in [-0.3, -0.25) is 0 Å². The molecule has 1 fully saturated rings. The summed E-state index contributed by atoms with van der Waals surface area (Å²) >= 11 is 5.82. The Kier molecular flexibility index (Phi) is 3.88. The number of nitrogens with zero attached hydrogens (tertiary/aromatic N) is 1. The second-order valence-electron chi connectivity index (χ2n) is 5.08. The number of sulfonamides is 1. The van der Waals surface area contributed by atoms with Crippen molar-refractivity contribution in [3.63, 3.8) is 0 Å². The van der Waals surface area contributed by atoms with Gasteiger partial charge in [-0.1, -0.05) is 11.6 Å². The summed E-state index contributed by atoms with van der Waals surface area (Å²) < 4.78 is 32.9. The zero-order valence-corrected chi connectivity index (χ0v) is 13.0. The Hall–Kier alpha value is -1.21. The van der Waals surface area contributed by atoms with E-state index in [0.29, 0.717) is 23.7 Å². The average molecular weight is 327 g/mol. The Bertz CT molecular complexity index is 779. The topological polar surface area (TPSA) is 68.3 Å². The maximum absolute atomic E-state index is 12.4. The monoisotopic (exact) mass is 326 g/mol. The number of benzene rings is 1. The van der Waals surface area contributed by atoms with Gasteiger partial charge in [-0.15, -0.1) is 0 Å². The van der Waals surface area contributed by atoms with Crippen LogP contribution in [0.3, 0.4) is 0 Å². The number of pyridine rings is 1. The molecule has 1 saturated heterocycles. The molecule has 0 spiro atoms. The third-order valence-electron chi connectivity index (χ3n) is 3.62. The van der Waals surface area contributed by atoms with E-state index in [-0.39, 0.29) is 17.0 Å². The Labute approximate surface area is 128 Å². The van der Waals surface area contributed by atoms with Crippen molar-refractivity contribution in [2.45, 2.75) is 30.4 Å². The highest BCUT2D eigenvalue weighted by atomic mass is 35.5. The molecule has 0 bridgehead atoms. The molecule has 2 unspecified atom stereocenters. The van der Waals surface area contributed by atoms with Crippen molar-refractivity contribution in [3.05, 3.63) is 35.5 Å². The number of fused-ring (bicyclic) bond motifs is 1. The highest BCUT2D eigenvalue weighted by Crippen LogP contribution is 2.21. The van der Waals surface area contributed by atoms with E-state index in [1.54, 1.807) is 24.3 Å². The summed E-state index contributed by atoms with van der Waals surface area (Å²) in [6.45, 7) is 2.45. The second kappa shape index (κ2) is 5.53. The van der Waals surface area contributed by atoms with E-state index in [9.17, 15) is 8.42 Å². The predicted octanol–water partition coefficient (Wildman–Crippen LogP) is 2.34. The van der Waals surface area contributed by atoms with E-state index >= 15 is 0 Å². The van der Waals surface area contributed by atoms with Crippen LogP contribution < -0.4 is 4.72 Å². The summed E-state index contributed by atoms with van der Waals surface area (Å²) in [5.74, 6) is 0. The summed E-state index contributed by atoms with van der Waals surface area (Å²) in [6, 6.07) is 8.00. The number of hydrogen-bond acceptors (Lipinski definition) is 4. The molecule has 112 valence electrons. The number of ether oxygens (including phenoxy) is 1. The van der Waals surface area contributed by atoms with Gasteiger partial charge in [0.15, 0.2) is 0 Å². The van der Waals surface area contributed by atoms with Gasteiger partial charge in [0.25, 0.3) is 0 Å². The molecular formula is C14H15ClN2O3S. The zero-order chi connectivity index (χ0) is 15.0. The lowest BCUT2D eigenvalue weighted by molar-refractivity contribution is 0.117. The fraction of sp³-hybridized carbons (Fsp3) is 0.357. The molecule has 7 heteroatoms. The van der Waals surface area contributed by atoms with Crippen LogP contribution in [-0.4, -0.2) is 32.2 Å². The fourth-order valence-electron chi connectivity index (χ4n) is 2.40. The highest BCUT2D eigenvalue weighted by molar-refractivity contribution is 7.89. The number of halogens is 1. The number of aromatic nitrogens is 1. The molecule has 0 saturated carbocycles. The quantitative estimate of drug-likeness (QED) is 0.879. The van der Waals surface area contributed by atoms with E-state index < -0.39 is 10.0 Å². The normalized spacial score (nSPS) is 22.8. The summed E-state index contributed by atoms with van der Waals surface area (Å²) in [4.78, 5) is 4.36. The van der Waals surface area contributed by atoms with Gasteiger partial charge in [0.1, 0.15) is 5.15 Å². The van der Waals surface area contributed by atoms with Gasteiger partial charge in [-0.25, -0.2) is 18.1 Å². The number of nitrogens with one attached hydrogen (secondary N) is 1. The molecule has 3 rings (SSSR count). The first kappa shape index (κ1) is 14.7. The van der Waals surface area contributed by atoms with Crippen LogP contribution in [0.15, 0.2) is 35.2 Å². The van der Waals surface area contributed by atoms with Gasteiger partial charge in [0.05, 0.1) is 22.6 Å². The van der Waals surface area contributed by atoms with Crippen molar-refractivity contribution in [2.75, 3.05) is 6.61 Å². The molecule has 1 N–H and O–H groups in total. The van der Waals surface area contributed by atoms with Crippen LogP contribution in [0.25, 0.3) is 10.9 Å². The maximum Gasteiger partial charge on any atom is 0.240 e. The molecule has 2 aromatic rings. The Morgan fingerprint density at radius 3 is 2.86 bits per heavy atom. The van der Waals surface area contributed by atoms with Gasteiger partial charge in [0.2, 0.25) is 10.0 Å². The molecule has 0 radical (unpaired) electrons. The molecule has 0 aliphatic carbocycles. The summed E-state index contributed by atoms with van der Waals surface area (Å²) in [7, 11) is -3.57. The van der Waals surface area contributed by atoms with Crippen LogP contribution >= 0.6 is 11.6 Å². The van der Waals surface area contributed by atoms with E-state index in [0.717, 1.165) is 5.39 Å². The van der Waals surface area contributed by atoms with Crippen LogP contribution in [0.1, 0.15) is 13.3 Å². The van der Waals surface area contributed by atoms with Crippen LogP contribution in [0, 0.1) is 0 Å². The minimum absolute atomic E-state index is 0.110. The lowest BCUT2D eigenvalue weighted by Crippen LogP contribution is -2.39. The van der Waals surface area contributed by atoms with Gasteiger partial charge >= 0.3 is 0 Å². The molecule has 1 aromatic heterocycles. The average Bonchev–Trinajstić information content (AvgIpc) is 2.83. The first-order chi connectivity index (χ1) is 9.95. The van der Waals surface area contributed by atoms with Gasteiger partial charge < -0.3 is 4.74 Å². The molecule has 1 aromatic carbocycles. The first-order valence-electron chi connectivity index (χ1n) is 6.66. The van der Waals surface area contributed by atoms with Crippen molar-refractivity contribution >= 4 is 32.5 Å². The standard InChI is InChI=1S/C14H15ClN2O3S/c1-9-12(6-7-20-9)17-21(18,19)11-3-4-13-10(8-11)2-5-14(15)16-13/h2-5,8-9,12,17H,6-7H2,1H3. The number of rotatable bonds is 3. The Balaban J connectivity index is 1.93. The fourth-order valence-corrected chi connectivity index (χ4v) is 3.93. The lowest BCUT2D eigenvalue weighted by atomic mass is 10.2. The third kappa shape index (κ3) is 3.03. The highest BCUT2D eigenvalue weighted by Gasteiger charge is 2.29. The third-order valence-corrected chi connectivity index (χ3v) is 5.32. The van der Waals surface area contributed by atoms with Crippen molar-refractivity contribution < 1.29 is 13.2 Å². The SMILES string of the molecule is CC1OCCC1NS(=O)(=O)c1ccc2nc(Cl)ccc2c1. The van der Waals surface area contributed by atoms with E-state index in [1.807, 2.05) is 6.92 Å². The molecular weight excluding hydrogens is 312 g/mol. The zero-order valence-electron chi connectivity index (χ0n) is 11.4.